The van der Waals surface area contributed by atoms with E-state index in [1.165, 1.54) is 11.3 Å². The van der Waals surface area contributed by atoms with Crippen molar-refractivity contribution in [3.8, 4) is 11.5 Å². The number of nitrogens with one attached hydrogen (secondary N) is 1. The van der Waals surface area contributed by atoms with E-state index in [0.717, 1.165) is 16.9 Å². The van der Waals surface area contributed by atoms with Gasteiger partial charge in [0.05, 0.1) is 26.4 Å². The lowest BCUT2D eigenvalue weighted by atomic mass is 10.1. The van der Waals surface area contributed by atoms with Gasteiger partial charge >= 0.3 is 5.97 Å². The summed E-state index contributed by atoms with van der Waals surface area (Å²) in [4.78, 5) is 25.5. The van der Waals surface area contributed by atoms with Crippen molar-refractivity contribution in [1.82, 2.24) is 0 Å². The van der Waals surface area contributed by atoms with Gasteiger partial charge in [0.25, 0.3) is 0 Å². The molecule has 27 heavy (non-hydrogen) atoms. The molecular formula is C20H25NO5S. The molecule has 0 aliphatic heterocycles. The number of esters is 1. The number of amides is 1. The molecule has 1 heterocycles. The van der Waals surface area contributed by atoms with Crippen molar-refractivity contribution in [3.63, 3.8) is 0 Å². The van der Waals surface area contributed by atoms with E-state index in [1.807, 2.05) is 25.1 Å². The molecule has 0 bridgehead atoms. The Balaban J connectivity index is 2.03. The molecule has 1 aromatic heterocycles. The zero-order valence-electron chi connectivity index (χ0n) is 16.1. The lowest BCUT2D eigenvalue weighted by molar-refractivity contribution is -0.116. The summed E-state index contributed by atoms with van der Waals surface area (Å²) in [6, 6.07) is 7.36. The fourth-order valence-electron chi connectivity index (χ4n) is 2.55. The topological polar surface area (TPSA) is 73.9 Å². The number of anilines is 1. The average molecular weight is 391 g/mol. The molecule has 0 saturated heterocycles. The Morgan fingerprint density at radius 1 is 1.07 bits per heavy atom. The highest BCUT2D eigenvalue weighted by Gasteiger charge is 2.18. The first-order valence-electron chi connectivity index (χ1n) is 8.82. The van der Waals surface area contributed by atoms with Gasteiger partial charge in [-0.2, -0.15) is 0 Å². The summed E-state index contributed by atoms with van der Waals surface area (Å²) in [6.07, 6.45) is 1.63. The van der Waals surface area contributed by atoms with E-state index in [1.54, 1.807) is 27.2 Å². The number of ether oxygens (including phenoxy) is 3. The number of thiophene rings is 1. The van der Waals surface area contributed by atoms with Gasteiger partial charge in [0.1, 0.15) is 5.00 Å². The lowest BCUT2D eigenvalue weighted by Crippen LogP contribution is -2.14. The van der Waals surface area contributed by atoms with Gasteiger partial charge in [0, 0.05) is 11.3 Å². The van der Waals surface area contributed by atoms with Crippen LogP contribution in [0.3, 0.4) is 0 Å². The molecule has 146 valence electrons. The molecule has 0 saturated carbocycles. The Morgan fingerprint density at radius 2 is 1.81 bits per heavy atom. The number of carbonyl (C=O) groups is 2. The predicted octanol–water partition coefficient (Wildman–Crippen LogP) is 4.08. The van der Waals surface area contributed by atoms with E-state index in [-0.39, 0.29) is 12.3 Å². The summed E-state index contributed by atoms with van der Waals surface area (Å²) in [6.45, 7) is 4.05. The quantitative estimate of drug-likeness (QED) is 0.652. The van der Waals surface area contributed by atoms with Crippen LogP contribution >= 0.6 is 11.3 Å². The van der Waals surface area contributed by atoms with Gasteiger partial charge in [-0.15, -0.1) is 11.3 Å². The van der Waals surface area contributed by atoms with Gasteiger partial charge in [-0.3, -0.25) is 4.79 Å². The van der Waals surface area contributed by atoms with Gasteiger partial charge in [-0.25, -0.2) is 4.79 Å². The van der Waals surface area contributed by atoms with Gasteiger partial charge < -0.3 is 19.5 Å². The van der Waals surface area contributed by atoms with E-state index in [0.29, 0.717) is 35.1 Å². The molecule has 2 rings (SSSR count). The van der Waals surface area contributed by atoms with Crippen molar-refractivity contribution in [1.29, 1.82) is 0 Å². The largest absolute Gasteiger partial charge is 0.493 e. The minimum atomic E-state index is -0.413. The van der Waals surface area contributed by atoms with Crippen LogP contribution in [-0.4, -0.2) is 32.7 Å². The molecule has 0 unspecified atom stereocenters. The van der Waals surface area contributed by atoms with Crippen molar-refractivity contribution in [3.05, 3.63) is 40.3 Å². The highest BCUT2D eigenvalue weighted by atomic mass is 32.1. The minimum absolute atomic E-state index is 0.153. The van der Waals surface area contributed by atoms with Crippen LogP contribution < -0.4 is 14.8 Å². The Hall–Kier alpha value is -2.54. The first-order valence-corrected chi connectivity index (χ1v) is 9.64. The summed E-state index contributed by atoms with van der Waals surface area (Å²) >= 11 is 1.41. The molecule has 0 aliphatic carbocycles. The van der Waals surface area contributed by atoms with E-state index in [9.17, 15) is 9.59 Å². The molecule has 0 atom stereocenters. The van der Waals surface area contributed by atoms with Gasteiger partial charge in [0.2, 0.25) is 5.91 Å². The zero-order chi connectivity index (χ0) is 19.8. The third-order valence-electron chi connectivity index (χ3n) is 3.97. The summed E-state index contributed by atoms with van der Waals surface area (Å²) in [5.74, 6) is 0.713. The van der Waals surface area contributed by atoms with E-state index in [4.69, 9.17) is 14.2 Å². The molecule has 1 amide bonds. The van der Waals surface area contributed by atoms with Crippen LogP contribution in [-0.2, 0) is 22.4 Å². The second-order valence-electron chi connectivity index (χ2n) is 5.77. The van der Waals surface area contributed by atoms with Crippen molar-refractivity contribution in [2.45, 2.75) is 33.1 Å². The summed E-state index contributed by atoms with van der Waals surface area (Å²) in [5.41, 5.74) is 1.38. The Morgan fingerprint density at radius 3 is 2.44 bits per heavy atom. The molecule has 0 radical (unpaired) electrons. The summed E-state index contributed by atoms with van der Waals surface area (Å²) in [5, 5.41) is 3.39. The summed E-state index contributed by atoms with van der Waals surface area (Å²) < 4.78 is 15.6. The van der Waals surface area contributed by atoms with Crippen molar-refractivity contribution in [2.75, 3.05) is 26.1 Å². The van der Waals surface area contributed by atoms with E-state index >= 15 is 0 Å². The number of aryl methyl sites for hydroxylation is 2. The van der Waals surface area contributed by atoms with Gasteiger partial charge in [0.15, 0.2) is 11.5 Å². The van der Waals surface area contributed by atoms with Gasteiger partial charge in [-0.1, -0.05) is 13.0 Å². The van der Waals surface area contributed by atoms with Crippen molar-refractivity contribution < 1.29 is 23.8 Å². The third-order valence-corrected chi connectivity index (χ3v) is 5.16. The Labute approximate surface area is 163 Å². The number of methoxy groups -OCH3 is 2. The molecule has 0 aliphatic rings. The average Bonchev–Trinajstić information content (AvgIpc) is 3.09. The van der Waals surface area contributed by atoms with Crippen LogP contribution in [0, 0.1) is 0 Å². The zero-order valence-corrected chi connectivity index (χ0v) is 16.9. The van der Waals surface area contributed by atoms with Crippen LogP contribution in [0.25, 0.3) is 0 Å². The maximum atomic E-state index is 12.4. The van der Waals surface area contributed by atoms with Crippen molar-refractivity contribution in [2.24, 2.45) is 0 Å². The molecule has 0 fully saturated rings. The standard InChI is InChI=1S/C20H25NO5S/c1-5-14-12-15(20(23)26-6-2)19(27-14)21-18(22)10-8-13-7-9-16(24-3)17(11-13)25-4/h7,9,11-12H,5-6,8,10H2,1-4H3,(H,21,22). The predicted molar refractivity (Wildman–Crippen MR) is 106 cm³/mol. The fraction of sp³-hybridized carbons (Fsp3) is 0.400. The maximum absolute atomic E-state index is 12.4. The number of rotatable bonds is 9. The highest BCUT2D eigenvalue weighted by molar-refractivity contribution is 7.16. The normalized spacial score (nSPS) is 10.4. The number of hydrogen-bond donors (Lipinski definition) is 1. The van der Waals surface area contributed by atoms with Crippen LogP contribution in [0.15, 0.2) is 24.3 Å². The molecule has 1 N–H and O–H groups in total. The molecular weight excluding hydrogens is 366 g/mol. The van der Waals surface area contributed by atoms with Crippen LogP contribution in [0.1, 0.15) is 41.1 Å². The number of benzene rings is 1. The van der Waals surface area contributed by atoms with Crippen LogP contribution in [0.4, 0.5) is 5.00 Å². The molecule has 7 heteroatoms. The summed E-state index contributed by atoms with van der Waals surface area (Å²) in [7, 11) is 3.16. The maximum Gasteiger partial charge on any atom is 0.341 e. The SMILES string of the molecule is CCOC(=O)c1cc(CC)sc1NC(=O)CCc1ccc(OC)c(OC)c1. The monoisotopic (exact) mass is 391 g/mol. The first kappa shape index (κ1) is 20.8. The van der Waals surface area contributed by atoms with Crippen LogP contribution in [0.5, 0.6) is 11.5 Å². The Kier molecular flexibility index (Phi) is 7.67. The van der Waals surface area contributed by atoms with Crippen molar-refractivity contribution >= 4 is 28.2 Å². The number of carbonyl (C=O) groups excluding carboxylic acids is 2. The molecule has 0 spiro atoms. The molecule has 1 aromatic carbocycles. The first-order chi connectivity index (χ1) is 13.0. The third kappa shape index (κ3) is 5.47. The minimum Gasteiger partial charge on any atom is -0.493 e. The second kappa shape index (κ2) is 9.97. The van der Waals surface area contributed by atoms with E-state index < -0.39 is 5.97 Å². The van der Waals surface area contributed by atoms with Crippen LogP contribution in [0.2, 0.25) is 0 Å². The van der Waals surface area contributed by atoms with Gasteiger partial charge in [-0.05, 0) is 43.5 Å². The number of hydrogen-bond acceptors (Lipinski definition) is 6. The van der Waals surface area contributed by atoms with E-state index in [2.05, 4.69) is 5.32 Å². The Bertz CT molecular complexity index is 800. The smallest absolute Gasteiger partial charge is 0.341 e. The molecule has 6 nitrogen and oxygen atoms in total. The molecule has 2 aromatic rings. The lowest BCUT2D eigenvalue weighted by Gasteiger charge is -2.10. The fourth-order valence-corrected chi connectivity index (χ4v) is 3.55. The second-order valence-corrected chi connectivity index (χ2v) is 6.90. The highest BCUT2D eigenvalue weighted by Crippen LogP contribution is 2.30.